The van der Waals surface area contributed by atoms with Crippen molar-refractivity contribution in [2.24, 2.45) is 5.92 Å². The minimum absolute atomic E-state index is 0.0270. The van der Waals surface area contributed by atoms with Crippen LogP contribution in [0, 0.1) is 5.92 Å². The van der Waals surface area contributed by atoms with E-state index >= 15 is 0 Å². The lowest BCUT2D eigenvalue weighted by molar-refractivity contribution is -0.131. The molecule has 0 aromatic carbocycles. The second-order valence-electron chi connectivity index (χ2n) is 9.72. The maximum atomic E-state index is 13.1. The fraction of sp³-hybridized carbons (Fsp3) is 0.762. The molecule has 11 heteroatoms. The highest BCUT2D eigenvalue weighted by atomic mass is 32.2. The Labute approximate surface area is 188 Å². The van der Waals surface area contributed by atoms with Gasteiger partial charge < -0.3 is 20.6 Å². The topological polar surface area (TPSA) is 145 Å². The smallest absolute Gasteiger partial charge is 0.318 e. The van der Waals surface area contributed by atoms with Crippen molar-refractivity contribution in [3.63, 3.8) is 0 Å². The number of nitrogens with one attached hydrogen (secondary N) is 3. The third-order valence-electron chi connectivity index (χ3n) is 7.13. The number of carbonyl (C=O) groups is 3. The van der Waals surface area contributed by atoms with Crippen LogP contribution in [-0.4, -0.2) is 71.8 Å². The van der Waals surface area contributed by atoms with Crippen molar-refractivity contribution in [1.82, 2.24) is 20.3 Å². The van der Waals surface area contributed by atoms with E-state index in [-0.39, 0.29) is 25.3 Å². The highest BCUT2D eigenvalue weighted by Gasteiger charge is 2.63. The second kappa shape index (κ2) is 8.33. The Morgan fingerprint density at radius 3 is 2.72 bits per heavy atom. The van der Waals surface area contributed by atoms with E-state index < -0.39 is 50.3 Å². The number of rotatable bonds is 3. The molecule has 2 saturated carbocycles. The number of hydrogen-bond donors (Lipinski definition) is 4. The molecule has 1 saturated heterocycles. The molecule has 3 fully saturated rings. The Morgan fingerprint density at radius 1 is 1.25 bits per heavy atom. The molecular weight excluding hydrogens is 436 g/mol. The molecule has 10 nitrogen and oxygen atoms in total. The summed E-state index contributed by atoms with van der Waals surface area (Å²) < 4.78 is 26.5. The van der Waals surface area contributed by atoms with Crippen LogP contribution in [0.4, 0.5) is 4.79 Å². The second-order valence-corrected chi connectivity index (χ2v) is 11.9. The van der Waals surface area contributed by atoms with E-state index in [1.165, 1.54) is 4.90 Å². The van der Waals surface area contributed by atoms with E-state index in [9.17, 15) is 27.9 Å². The average Bonchev–Trinajstić information content (AvgIpc) is 3.60. The van der Waals surface area contributed by atoms with Crippen LogP contribution in [0.2, 0.25) is 0 Å². The predicted octanol–water partition coefficient (Wildman–Crippen LogP) is 0.135. The molecule has 0 aromatic heterocycles. The van der Waals surface area contributed by atoms with Gasteiger partial charge in [-0.2, -0.15) is 0 Å². The number of fused-ring (bicyclic) bond motifs is 2. The van der Waals surface area contributed by atoms with Gasteiger partial charge in [-0.3, -0.25) is 14.3 Å². The first-order valence-corrected chi connectivity index (χ1v) is 12.8. The Kier molecular flexibility index (Phi) is 6.00. The number of allylic oxidation sites excluding steroid dienone is 1. The standard InChI is InChI=1S/C21H32N4O6S/c1-20(8-9-20)32(30,31)24-18(28)21-12-14(21)7-5-3-2-4-6-10-22-19(29)25-13-15(26)11-16(25)17(27)23-21/h5,7,14-16,26H,2-4,6,8-13H2,1H3,(H,22,29)(H,23,27)(H,24,28)/b7-5-. The molecule has 4 unspecified atom stereocenters. The van der Waals surface area contributed by atoms with Gasteiger partial charge in [0.1, 0.15) is 11.6 Å². The maximum absolute atomic E-state index is 13.1. The lowest BCUT2D eigenvalue weighted by Crippen LogP contribution is -2.57. The van der Waals surface area contributed by atoms with Crippen LogP contribution in [0.15, 0.2) is 12.2 Å². The summed E-state index contributed by atoms with van der Waals surface area (Å²) in [5, 5.41) is 15.6. The molecule has 4 aliphatic rings. The van der Waals surface area contributed by atoms with E-state index in [0.29, 0.717) is 19.4 Å². The van der Waals surface area contributed by atoms with Gasteiger partial charge in [0, 0.05) is 25.4 Å². The molecule has 0 aromatic rings. The van der Waals surface area contributed by atoms with Crippen LogP contribution in [0.3, 0.4) is 0 Å². The fourth-order valence-corrected chi connectivity index (χ4v) is 5.79. The van der Waals surface area contributed by atoms with Crippen LogP contribution >= 0.6 is 0 Å². The average molecular weight is 469 g/mol. The van der Waals surface area contributed by atoms with Gasteiger partial charge in [0.2, 0.25) is 15.9 Å². The van der Waals surface area contributed by atoms with Crippen LogP contribution in [0.1, 0.15) is 58.3 Å². The number of urea groups is 1. The first-order chi connectivity index (χ1) is 15.1. The van der Waals surface area contributed by atoms with E-state index in [1.807, 2.05) is 12.2 Å². The van der Waals surface area contributed by atoms with Crippen molar-refractivity contribution in [2.75, 3.05) is 13.1 Å². The molecule has 4 amide bonds. The van der Waals surface area contributed by atoms with Gasteiger partial charge in [-0.15, -0.1) is 0 Å². The van der Waals surface area contributed by atoms with Crippen molar-refractivity contribution in [3.8, 4) is 0 Å². The van der Waals surface area contributed by atoms with Crippen LogP contribution in [-0.2, 0) is 19.6 Å². The molecule has 4 N–H and O–H groups in total. The largest absolute Gasteiger partial charge is 0.391 e. The first-order valence-electron chi connectivity index (χ1n) is 11.4. The summed E-state index contributed by atoms with van der Waals surface area (Å²) >= 11 is 0. The lowest BCUT2D eigenvalue weighted by Gasteiger charge is -2.27. The molecule has 0 radical (unpaired) electrons. The summed E-state index contributed by atoms with van der Waals surface area (Å²) in [5.74, 6) is -1.63. The third kappa shape index (κ3) is 4.36. The van der Waals surface area contributed by atoms with Crippen LogP contribution in [0.5, 0.6) is 0 Å². The van der Waals surface area contributed by atoms with Gasteiger partial charge in [0.15, 0.2) is 0 Å². The number of amides is 4. The van der Waals surface area contributed by atoms with Gasteiger partial charge in [0.05, 0.1) is 10.9 Å². The van der Waals surface area contributed by atoms with Crippen molar-refractivity contribution in [1.29, 1.82) is 0 Å². The van der Waals surface area contributed by atoms with E-state index in [4.69, 9.17) is 0 Å². The quantitative estimate of drug-likeness (QED) is 0.434. The first kappa shape index (κ1) is 23.0. The molecule has 4 rings (SSSR count). The number of hydrogen-bond acceptors (Lipinski definition) is 6. The minimum Gasteiger partial charge on any atom is -0.391 e. The Bertz CT molecular complexity index is 931. The number of carbonyl (C=O) groups excluding carboxylic acids is 3. The highest BCUT2D eigenvalue weighted by molar-refractivity contribution is 7.91. The SMILES string of the molecule is CC1(S(=O)(=O)NC(=O)C23CC2/C=C\CCCCCNC(=O)N2CC(O)CC2C(=O)N3)CC1. The molecule has 0 bridgehead atoms. The monoisotopic (exact) mass is 468 g/mol. The van der Waals surface area contributed by atoms with Gasteiger partial charge in [0.25, 0.3) is 5.91 Å². The van der Waals surface area contributed by atoms with Gasteiger partial charge >= 0.3 is 6.03 Å². The van der Waals surface area contributed by atoms with Crippen LogP contribution < -0.4 is 15.4 Å². The van der Waals surface area contributed by atoms with E-state index in [1.54, 1.807) is 6.92 Å². The van der Waals surface area contributed by atoms with Gasteiger partial charge in [-0.05, 0) is 45.4 Å². The summed E-state index contributed by atoms with van der Waals surface area (Å²) in [7, 11) is -3.85. The lowest BCUT2D eigenvalue weighted by atomic mass is 10.1. The van der Waals surface area contributed by atoms with Gasteiger partial charge in [-0.1, -0.05) is 18.6 Å². The van der Waals surface area contributed by atoms with Gasteiger partial charge in [-0.25, -0.2) is 13.2 Å². The highest BCUT2D eigenvalue weighted by Crippen LogP contribution is 2.47. The fourth-order valence-electron chi connectivity index (χ4n) is 4.47. The molecule has 2 heterocycles. The van der Waals surface area contributed by atoms with Crippen molar-refractivity contribution in [3.05, 3.63) is 12.2 Å². The Balaban J connectivity index is 1.57. The maximum Gasteiger partial charge on any atom is 0.318 e. The normalized spacial score (nSPS) is 35.8. The number of aliphatic hydroxyl groups is 1. The number of nitrogens with zero attached hydrogens (tertiary/aromatic N) is 1. The summed E-state index contributed by atoms with van der Waals surface area (Å²) in [6, 6.07) is -1.35. The summed E-state index contributed by atoms with van der Waals surface area (Å²) in [6.07, 6.45) is 7.76. The molecule has 32 heavy (non-hydrogen) atoms. The molecular formula is C21H32N4O6S. The number of aliphatic hydroxyl groups excluding tert-OH is 1. The van der Waals surface area contributed by atoms with E-state index in [0.717, 1.165) is 25.7 Å². The number of sulfonamides is 1. The molecule has 0 spiro atoms. The minimum atomic E-state index is -3.85. The summed E-state index contributed by atoms with van der Waals surface area (Å²) in [5.41, 5.74) is -1.37. The zero-order valence-corrected chi connectivity index (χ0v) is 19.1. The van der Waals surface area contributed by atoms with Crippen molar-refractivity contribution in [2.45, 2.75) is 80.7 Å². The molecule has 2 aliphatic heterocycles. The Morgan fingerprint density at radius 2 is 2.00 bits per heavy atom. The zero-order chi connectivity index (χ0) is 23.1. The molecule has 2 aliphatic carbocycles. The van der Waals surface area contributed by atoms with Crippen molar-refractivity contribution < 1.29 is 27.9 Å². The van der Waals surface area contributed by atoms with E-state index in [2.05, 4.69) is 15.4 Å². The summed E-state index contributed by atoms with van der Waals surface area (Å²) in [4.78, 5) is 40.2. The van der Waals surface area contributed by atoms with Crippen LogP contribution in [0.25, 0.3) is 0 Å². The zero-order valence-electron chi connectivity index (χ0n) is 18.3. The predicted molar refractivity (Wildman–Crippen MR) is 116 cm³/mol. The third-order valence-corrected chi connectivity index (χ3v) is 9.29. The molecule has 4 atom stereocenters. The van der Waals surface area contributed by atoms with Crippen molar-refractivity contribution >= 4 is 27.9 Å². The Hall–Kier alpha value is -2.14. The molecule has 178 valence electrons. The summed E-state index contributed by atoms with van der Waals surface area (Å²) in [6.45, 7) is 2.10.